The summed E-state index contributed by atoms with van der Waals surface area (Å²) in [7, 11) is 0. The second-order valence-electron chi connectivity index (χ2n) is 16.5. The molecule has 12 heteroatoms. The zero-order chi connectivity index (χ0) is 45.1. The molecule has 2 aliphatic rings. The van der Waals surface area contributed by atoms with E-state index in [1.165, 1.54) is 0 Å². The fourth-order valence-electron chi connectivity index (χ4n) is 8.82. The highest BCUT2D eigenvalue weighted by Gasteiger charge is 2.44. The molecule has 4 heterocycles. The Labute approximate surface area is 373 Å². The first-order valence-electron chi connectivity index (χ1n) is 21.9. The van der Waals surface area contributed by atoms with Crippen molar-refractivity contribution in [1.29, 1.82) is 0 Å². The maximum atomic E-state index is 13.1. The highest BCUT2D eigenvalue weighted by Crippen LogP contribution is 2.42. The number of amides is 2. The molecule has 6 aromatic rings. The van der Waals surface area contributed by atoms with Crippen LogP contribution in [0, 0.1) is 0 Å². The highest BCUT2D eigenvalue weighted by atomic mass is 16.6. The lowest BCUT2D eigenvalue weighted by Crippen LogP contribution is -2.48. The summed E-state index contributed by atoms with van der Waals surface area (Å²) in [6, 6.07) is 41.9. The minimum absolute atomic E-state index is 0.0614. The zero-order valence-corrected chi connectivity index (χ0v) is 36.3. The summed E-state index contributed by atoms with van der Waals surface area (Å²) in [4.78, 5) is 58.1. The number of H-pyrrole nitrogens is 2. The van der Waals surface area contributed by atoms with Crippen LogP contribution in [0.15, 0.2) is 155 Å². The van der Waals surface area contributed by atoms with Gasteiger partial charge in [0.1, 0.15) is 11.2 Å². The van der Waals surface area contributed by atoms with Gasteiger partial charge in [0, 0.05) is 63.7 Å². The summed E-state index contributed by atoms with van der Waals surface area (Å²) in [5.41, 5.74) is 5.83. The molecule has 0 aliphatic carbocycles. The van der Waals surface area contributed by atoms with Gasteiger partial charge in [-0.25, -0.2) is 9.59 Å². The zero-order valence-electron chi connectivity index (χ0n) is 36.3. The molecule has 4 N–H and O–H groups in total. The van der Waals surface area contributed by atoms with Crippen LogP contribution in [0.4, 0.5) is 9.59 Å². The van der Waals surface area contributed by atoms with E-state index in [2.05, 4.69) is 9.97 Å². The van der Waals surface area contributed by atoms with Crippen molar-refractivity contribution >= 4 is 12.2 Å². The number of hydrogen-bond acceptors (Lipinski definition) is 8. The van der Waals surface area contributed by atoms with Gasteiger partial charge in [0.05, 0.1) is 12.1 Å². The van der Waals surface area contributed by atoms with E-state index in [9.17, 15) is 29.4 Å². The molecule has 8 rings (SSSR count). The average Bonchev–Trinajstić information content (AvgIpc) is 3.33. The van der Waals surface area contributed by atoms with Crippen molar-refractivity contribution in [3.05, 3.63) is 189 Å². The van der Waals surface area contributed by atoms with Crippen molar-refractivity contribution in [1.82, 2.24) is 19.8 Å². The highest BCUT2D eigenvalue weighted by molar-refractivity contribution is 5.71. The van der Waals surface area contributed by atoms with Crippen LogP contribution < -0.4 is 11.1 Å². The SMILES string of the molecule is C[C@@H](c1ccc(-c2cc[nH]c(=O)c2)cc1)N1CC[C@](CCCO)(c2ccccc2)OC1=O.C[C@@H](c1ccc(-c2cc[nH]c(=O)c2)cc1)N1CC[C@](CCCO)(c2ccccc2)OC1=O. The predicted octanol–water partition coefficient (Wildman–Crippen LogP) is 9.23. The quantitative estimate of drug-likeness (QED) is 0.0842. The van der Waals surface area contributed by atoms with Gasteiger partial charge in [0.15, 0.2) is 0 Å². The van der Waals surface area contributed by atoms with Crippen LogP contribution in [0.1, 0.15) is 86.7 Å². The summed E-state index contributed by atoms with van der Waals surface area (Å²) < 4.78 is 12.1. The predicted molar refractivity (Wildman–Crippen MR) is 246 cm³/mol. The van der Waals surface area contributed by atoms with Crippen LogP contribution in [-0.4, -0.2) is 68.5 Å². The van der Waals surface area contributed by atoms with Gasteiger partial charge in [-0.2, -0.15) is 0 Å². The number of rotatable bonds is 14. The first-order chi connectivity index (χ1) is 31.0. The van der Waals surface area contributed by atoms with Crippen LogP contribution in [0.3, 0.4) is 0 Å². The molecule has 0 radical (unpaired) electrons. The average molecular weight is 865 g/mol. The van der Waals surface area contributed by atoms with Crippen molar-refractivity contribution in [2.24, 2.45) is 0 Å². The Morgan fingerprint density at radius 1 is 0.531 bits per heavy atom. The standard InChI is InChI=1S/2C26H28N2O4/c2*1-19(20-8-10-21(11-9-20)22-12-15-27-24(30)18-22)28-16-14-26(13-5-17-29,32-25(28)31)23-6-3-2-4-7-23/h2*2-4,6-12,15,18-19,29H,5,13-14,16-17H2,1H3,(H,27,30)/t2*19-,26+/m00/s1. The number of aliphatic hydroxyl groups is 2. The van der Waals surface area contributed by atoms with Gasteiger partial charge in [0.2, 0.25) is 11.1 Å². The number of benzene rings is 4. The molecule has 12 nitrogen and oxygen atoms in total. The van der Waals surface area contributed by atoms with Gasteiger partial charge in [0.25, 0.3) is 0 Å². The molecule has 2 saturated heterocycles. The van der Waals surface area contributed by atoms with Crippen molar-refractivity contribution in [2.75, 3.05) is 26.3 Å². The summed E-state index contributed by atoms with van der Waals surface area (Å²) in [5.74, 6) is 0. The van der Waals surface area contributed by atoms with Crippen molar-refractivity contribution in [3.8, 4) is 22.3 Å². The maximum absolute atomic E-state index is 13.1. The first kappa shape index (κ1) is 45.3. The largest absolute Gasteiger partial charge is 0.438 e. The molecular formula is C52H56N4O8. The van der Waals surface area contributed by atoms with Gasteiger partial charge in [-0.15, -0.1) is 0 Å². The lowest BCUT2D eigenvalue weighted by Gasteiger charge is -2.43. The number of aliphatic hydroxyl groups excluding tert-OH is 2. The fourth-order valence-corrected chi connectivity index (χ4v) is 8.82. The Kier molecular flexibility index (Phi) is 14.6. The number of ether oxygens (including phenoxy) is 2. The number of nitrogens with zero attached hydrogens (tertiary/aromatic N) is 2. The molecule has 0 bridgehead atoms. The number of nitrogens with one attached hydrogen (secondary N) is 2. The molecule has 332 valence electrons. The van der Waals surface area contributed by atoms with Gasteiger partial charge < -0.3 is 39.5 Å². The van der Waals surface area contributed by atoms with Crippen LogP contribution in [-0.2, 0) is 20.7 Å². The van der Waals surface area contributed by atoms with Crippen LogP contribution >= 0.6 is 0 Å². The van der Waals surface area contributed by atoms with Crippen molar-refractivity contribution < 1.29 is 29.3 Å². The van der Waals surface area contributed by atoms with Gasteiger partial charge >= 0.3 is 12.2 Å². The Balaban J connectivity index is 0.000000191. The van der Waals surface area contributed by atoms with E-state index in [1.54, 1.807) is 34.3 Å². The summed E-state index contributed by atoms with van der Waals surface area (Å²) in [6.07, 6.45) is 6.23. The molecule has 0 spiro atoms. The van der Waals surface area contributed by atoms with E-state index in [0.717, 1.165) is 44.5 Å². The van der Waals surface area contributed by atoms with Crippen LogP contribution in [0.25, 0.3) is 22.3 Å². The Hall–Kier alpha value is -6.76. The van der Waals surface area contributed by atoms with E-state index in [4.69, 9.17) is 9.47 Å². The van der Waals surface area contributed by atoms with E-state index >= 15 is 0 Å². The van der Waals surface area contributed by atoms with Crippen molar-refractivity contribution in [2.45, 2.75) is 75.7 Å². The summed E-state index contributed by atoms with van der Waals surface area (Å²) in [5, 5.41) is 18.7. The normalized spacial score (nSPS) is 19.4. The fraction of sp³-hybridized carbons (Fsp3) is 0.308. The second kappa shape index (κ2) is 20.6. The van der Waals surface area contributed by atoms with Gasteiger partial charge in [-0.1, -0.05) is 109 Å². The third kappa shape index (κ3) is 10.4. The molecule has 2 amide bonds. The van der Waals surface area contributed by atoms with Crippen molar-refractivity contribution in [3.63, 3.8) is 0 Å². The third-order valence-corrected chi connectivity index (χ3v) is 12.6. The van der Waals surface area contributed by atoms with Crippen LogP contribution in [0.2, 0.25) is 0 Å². The molecule has 4 aromatic carbocycles. The monoisotopic (exact) mass is 864 g/mol. The molecule has 2 aromatic heterocycles. The molecule has 0 unspecified atom stereocenters. The first-order valence-corrected chi connectivity index (χ1v) is 21.9. The number of aromatic amines is 2. The second-order valence-corrected chi connectivity index (χ2v) is 16.5. The number of aromatic nitrogens is 2. The molecule has 4 atom stereocenters. The minimum atomic E-state index is -0.707. The maximum Gasteiger partial charge on any atom is 0.411 e. The molecule has 2 fully saturated rings. The Morgan fingerprint density at radius 2 is 0.906 bits per heavy atom. The molecule has 2 aliphatic heterocycles. The third-order valence-electron chi connectivity index (χ3n) is 12.6. The van der Waals surface area contributed by atoms with Crippen LogP contribution in [0.5, 0.6) is 0 Å². The number of pyridine rings is 2. The van der Waals surface area contributed by atoms with Gasteiger partial charge in [-0.05, 0) is 96.2 Å². The molecular weight excluding hydrogens is 809 g/mol. The summed E-state index contributed by atoms with van der Waals surface area (Å²) >= 11 is 0. The molecule has 0 saturated carbocycles. The number of carbonyl (C=O) groups excluding carboxylic acids is 2. The van der Waals surface area contributed by atoms with E-state index in [0.29, 0.717) is 51.6 Å². The summed E-state index contributed by atoms with van der Waals surface area (Å²) in [6.45, 7) is 5.24. The number of hydrogen-bond donors (Lipinski definition) is 4. The van der Waals surface area contributed by atoms with Gasteiger partial charge in [-0.3, -0.25) is 9.59 Å². The van der Waals surface area contributed by atoms with E-state index < -0.39 is 11.2 Å². The van der Waals surface area contributed by atoms with E-state index in [-0.39, 0.29) is 48.6 Å². The minimum Gasteiger partial charge on any atom is -0.438 e. The smallest absolute Gasteiger partial charge is 0.411 e. The van der Waals surface area contributed by atoms with E-state index in [1.807, 2.05) is 135 Å². The lowest BCUT2D eigenvalue weighted by atomic mass is 9.84. The topological polar surface area (TPSA) is 165 Å². The lowest BCUT2D eigenvalue weighted by molar-refractivity contribution is -0.0685. The molecule has 64 heavy (non-hydrogen) atoms. The Morgan fingerprint density at radius 3 is 1.23 bits per heavy atom. The number of carbonyl (C=O) groups is 2. The number of cyclic esters (lactones) is 2. The Bertz CT molecular complexity index is 2400.